The molecule has 1 aromatic heterocycles. The number of likely N-dealkylation sites (tertiary alicyclic amines) is 1. The van der Waals surface area contributed by atoms with Gasteiger partial charge in [0.15, 0.2) is 0 Å². The first-order valence-corrected chi connectivity index (χ1v) is 6.18. The molecule has 1 aliphatic rings. The van der Waals surface area contributed by atoms with Crippen molar-refractivity contribution in [3.05, 3.63) is 22.4 Å². The number of hydrogen-bond donors (Lipinski definition) is 1. The van der Waals surface area contributed by atoms with Crippen LogP contribution in [0.4, 0.5) is 0 Å². The second-order valence-electron chi connectivity index (χ2n) is 3.57. The van der Waals surface area contributed by atoms with Crippen LogP contribution in [0.25, 0.3) is 0 Å². The van der Waals surface area contributed by atoms with E-state index in [4.69, 9.17) is 18.0 Å². The van der Waals surface area contributed by atoms with Crippen LogP contribution in [0, 0.1) is 0 Å². The lowest BCUT2D eigenvalue weighted by Crippen LogP contribution is -2.42. The average Bonchev–Trinajstić information content (AvgIpc) is 2.88. The van der Waals surface area contributed by atoms with E-state index in [1.54, 1.807) is 4.90 Å². The summed E-state index contributed by atoms with van der Waals surface area (Å²) in [5, 5.41) is 3.76. The van der Waals surface area contributed by atoms with Crippen LogP contribution in [0.1, 0.15) is 23.2 Å². The number of carbonyl (C=O) groups is 1. The molecule has 1 amide bonds. The third-order valence-electron chi connectivity index (χ3n) is 2.61. The molecule has 1 atom stereocenters. The Morgan fingerprint density at radius 3 is 3.07 bits per heavy atom. The maximum absolute atomic E-state index is 12.0. The Balaban J connectivity index is 2.17. The van der Waals surface area contributed by atoms with Crippen molar-refractivity contribution in [2.24, 2.45) is 5.73 Å². The summed E-state index contributed by atoms with van der Waals surface area (Å²) >= 11 is 6.49. The van der Waals surface area contributed by atoms with Crippen molar-refractivity contribution in [1.82, 2.24) is 4.90 Å². The highest BCUT2D eigenvalue weighted by Gasteiger charge is 2.31. The van der Waals surface area contributed by atoms with Crippen LogP contribution in [0.5, 0.6) is 0 Å². The van der Waals surface area contributed by atoms with E-state index in [0.29, 0.717) is 4.99 Å². The van der Waals surface area contributed by atoms with Gasteiger partial charge in [0.2, 0.25) is 0 Å². The zero-order valence-electron chi connectivity index (χ0n) is 8.18. The predicted molar refractivity (Wildman–Crippen MR) is 65.2 cm³/mol. The van der Waals surface area contributed by atoms with E-state index in [2.05, 4.69) is 0 Å². The van der Waals surface area contributed by atoms with Crippen molar-refractivity contribution in [2.75, 3.05) is 6.54 Å². The second-order valence-corrected chi connectivity index (χ2v) is 4.82. The summed E-state index contributed by atoms with van der Waals surface area (Å²) in [6.45, 7) is 0.761. The monoisotopic (exact) mass is 240 g/mol. The van der Waals surface area contributed by atoms with E-state index < -0.39 is 0 Å². The molecular weight excluding hydrogens is 228 g/mol. The SMILES string of the molecule is NC(=S)C1CCCN1C(=O)c1ccsc1. The molecular formula is C10H12N2OS2. The van der Waals surface area contributed by atoms with Gasteiger partial charge in [0.05, 0.1) is 16.6 Å². The van der Waals surface area contributed by atoms with Gasteiger partial charge in [-0.05, 0) is 24.3 Å². The molecule has 2 rings (SSSR count). The maximum Gasteiger partial charge on any atom is 0.255 e. The fourth-order valence-electron chi connectivity index (χ4n) is 1.86. The lowest BCUT2D eigenvalue weighted by molar-refractivity contribution is 0.0771. The summed E-state index contributed by atoms with van der Waals surface area (Å²) in [4.78, 5) is 14.2. The maximum atomic E-state index is 12.0. The van der Waals surface area contributed by atoms with Crippen molar-refractivity contribution in [3.63, 3.8) is 0 Å². The third-order valence-corrected chi connectivity index (χ3v) is 3.57. The molecule has 1 fully saturated rings. The summed E-state index contributed by atoms with van der Waals surface area (Å²) in [5.74, 6) is 0.0477. The van der Waals surface area contributed by atoms with E-state index >= 15 is 0 Å². The van der Waals surface area contributed by atoms with Gasteiger partial charge in [-0.25, -0.2) is 0 Å². The van der Waals surface area contributed by atoms with Crippen LogP contribution in [-0.2, 0) is 0 Å². The van der Waals surface area contributed by atoms with Crippen molar-refractivity contribution >= 4 is 34.5 Å². The number of amides is 1. The summed E-state index contributed by atoms with van der Waals surface area (Å²) in [6.07, 6.45) is 1.88. The van der Waals surface area contributed by atoms with Gasteiger partial charge in [-0.1, -0.05) is 12.2 Å². The summed E-state index contributed by atoms with van der Waals surface area (Å²) in [5.41, 5.74) is 6.36. The van der Waals surface area contributed by atoms with E-state index in [-0.39, 0.29) is 11.9 Å². The fraction of sp³-hybridized carbons (Fsp3) is 0.400. The first-order valence-electron chi connectivity index (χ1n) is 4.82. The number of hydrogen-bond acceptors (Lipinski definition) is 3. The first-order chi connectivity index (χ1) is 7.20. The Hall–Kier alpha value is -0.940. The van der Waals surface area contributed by atoms with Crippen LogP contribution < -0.4 is 5.73 Å². The van der Waals surface area contributed by atoms with E-state index in [1.165, 1.54) is 11.3 Å². The molecule has 0 aliphatic carbocycles. The lowest BCUT2D eigenvalue weighted by atomic mass is 10.2. The molecule has 0 spiro atoms. The van der Waals surface area contributed by atoms with E-state index in [1.807, 2.05) is 16.8 Å². The predicted octanol–water partition coefficient (Wildman–Crippen LogP) is 1.64. The Morgan fingerprint density at radius 1 is 1.67 bits per heavy atom. The Labute approximate surface area is 97.9 Å². The van der Waals surface area contributed by atoms with Crippen molar-refractivity contribution < 1.29 is 4.79 Å². The second kappa shape index (κ2) is 4.28. The number of thiophene rings is 1. The minimum atomic E-state index is -0.0487. The number of thiocarbonyl (C=S) groups is 1. The number of carbonyl (C=O) groups excluding carboxylic acids is 1. The normalized spacial score (nSPS) is 20.5. The van der Waals surface area contributed by atoms with Gasteiger partial charge in [-0.15, -0.1) is 0 Å². The molecule has 15 heavy (non-hydrogen) atoms. The topological polar surface area (TPSA) is 46.3 Å². The highest BCUT2D eigenvalue weighted by atomic mass is 32.1. The van der Waals surface area contributed by atoms with Crippen LogP contribution >= 0.6 is 23.6 Å². The van der Waals surface area contributed by atoms with E-state index in [9.17, 15) is 4.79 Å². The fourth-order valence-corrected chi connectivity index (χ4v) is 2.73. The Morgan fingerprint density at radius 2 is 2.47 bits per heavy atom. The zero-order valence-corrected chi connectivity index (χ0v) is 9.81. The molecule has 1 aromatic rings. The minimum Gasteiger partial charge on any atom is -0.392 e. The molecule has 1 saturated heterocycles. The molecule has 1 unspecified atom stereocenters. The van der Waals surface area contributed by atoms with Gasteiger partial charge in [0, 0.05) is 11.9 Å². The van der Waals surface area contributed by atoms with Crippen molar-refractivity contribution in [3.8, 4) is 0 Å². The Bertz CT molecular complexity index is 375. The van der Waals surface area contributed by atoms with Crippen molar-refractivity contribution in [1.29, 1.82) is 0 Å². The van der Waals surface area contributed by atoms with Crippen LogP contribution in [-0.4, -0.2) is 28.4 Å². The van der Waals surface area contributed by atoms with Crippen LogP contribution in [0.2, 0.25) is 0 Å². The summed E-state index contributed by atoms with van der Waals surface area (Å²) < 4.78 is 0. The highest BCUT2D eigenvalue weighted by Crippen LogP contribution is 2.21. The molecule has 0 aromatic carbocycles. The molecule has 1 aliphatic heterocycles. The van der Waals surface area contributed by atoms with Gasteiger partial charge in [0.1, 0.15) is 0 Å². The van der Waals surface area contributed by atoms with E-state index in [0.717, 1.165) is 24.9 Å². The molecule has 0 saturated carbocycles. The lowest BCUT2D eigenvalue weighted by Gasteiger charge is -2.23. The first kappa shape index (κ1) is 10.6. The number of nitrogens with zero attached hydrogens (tertiary/aromatic N) is 1. The minimum absolute atomic E-state index is 0.0477. The van der Waals surface area contributed by atoms with Gasteiger partial charge >= 0.3 is 0 Å². The van der Waals surface area contributed by atoms with Gasteiger partial charge in [0.25, 0.3) is 5.91 Å². The van der Waals surface area contributed by atoms with Crippen LogP contribution in [0.3, 0.4) is 0 Å². The number of rotatable bonds is 2. The molecule has 0 bridgehead atoms. The highest BCUT2D eigenvalue weighted by molar-refractivity contribution is 7.80. The zero-order chi connectivity index (χ0) is 10.8. The quantitative estimate of drug-likeness (QED) is 0.799. The molecule has 2 heterocycles. The van der Waals surface area contributed by atoms with Crippen LogP contribution in [0.15, 0.2) is 16.8 Å². The third kappa shape index (κ3) is 2.03. The van der Waals surface area contributed by atoms with Gasteiger partial charge < -0.3 is 10.6 Å². The van der Waals surface area contributed by atoms with Crippen molar-refractivity contribution in [2.45, 2.75) is 18.9 Å². The average molecular weight is 240 g/mol. The summed E-state index contributed by atoms with van der Waals surface area (Å²) in [6, 6.07) is 1.79. The van der Waals surface area contributed by atoms with Gasteiger partial charge in [-0.2, -0.15) is 11.3 Å². The largest absolute Gasteiger partial charge is 0.392 e. The van der Waals surface area contributed by atoms with Gasteiger partial charge in [-0.3, -0.25) is 4.79 Å². The smallest absolute Gasteiger partial charge is 0.255 e. The molecule has 5 heteroatoms. The Kier molecular flexibility index (Phi) is 3.02. The molecule has 2 N–H and O–H groups in total. The molecule has 3 nitrogen and oxygen atoms in total. The molecule has 0 radical (unpaired) electrons. The number of nitrogens with two attached hydrogens (primary N) is 1. The molecule has 80 valence electrons. The standard InChI is InChI=1S/C10H12N2OS2/c11-9(14)8-2-1-4-12(8)10(13)7-3-5-15-6-7/h3,5-6,8H,1-2,4H2,(H2,11,14). The summed E-state index contributed by atoms with van der Waals surface area (Å²) in [7, 11) is 0.